The van der Waals surface area contributed by atoms with Gasteiger partial charge in [0.15, 0.2) is 0 Å². The molecule has 1 saturated heterocycles. The predicted octanol–water partition coefficient (Wildman–Crippen LogP) is 4.31. The molecule has 0 amide bonds. The number of nitrogens with zero attached hydrogens (tertiary/aromatic N) is 3. The van der Waals surface area contributed by atoms with Crippen LogP contribution < -0.4 is 4.74 Å². The molecule has 1 fully saturated rings. The van der Waals surface area contributed by atoms with Crippen molar-refractivity contribution < 1.29 is 18.6 Å². The fourth-order valence-corrected chi connectivity index (χ4v) is 4.05. The van der Waals surface area contributed by atoms with Crippen molar-refractivity contribution in [2.45, 2.75) is 25.5 Å². The van der Waals surface area contributed by atoms with Crippen molar-refractivity contribution in [1.29, 1.82) is 0 Å². The Labute approximate surface area is 188 Å². The van der Waals surface area contributed by atoms with Gasteiger partial charge in [-0.3, -0.25) is 4.90 Å². The summed E-state index contributed by atoms with van der Waals surface area (Å²) in [5.41, 5.74) is 3.08. The number of ether oxygens (including phenoxy) is 3. The van der Waals surface area contributed by atoms with Crippen LogP contribution in [0.5, 0.6) is 5.75 Å². The fraction of sp³-hybridized carbons (Fsp3) is 0.400. The second-order valence-electron chi connectivity index (χ2n) is 7.97. The Kier molecular flexibility index (Phi) is 7.52. The summed E-state index contributed by atoms with van der Waals surface area (Å²) in [6.07, 6.45) is 4.23. The highest BCUT2D eigenvalue weighted by Gasteiger charge is 2.23. The normalized spacial score (nSPS) is 15.2. The van der Waals surface area contributed by atoms with Crippen LogP contribution in [0.1, 0.15) is 18.4 Å². The first-order valence-corrected chi connectivity index (χ1v) is 11.0. The monoisotopic (exact) mass is 439 g/mol. The van der Waals surface area contributed by atoms with Gasteiger partial charge in [0.1, 0.15) is 17.3 Å². The Hall–Kier alpha value is -2.74. The van der Waals surface area contributed by atoms with Crippen molar-refractivity contribution in [3.8, 4) is 22.7 Å². The molecule has 0 saturated carbocycles. The minimum absolute atomic E-state index is 0.270. The molecule has 1 aliphatic rings. The van der Waals surface area contributed by atoms with Crippen LogP contribution in [0.3, 0.4) is 0 Å². The molecule has 170 valence electrons. The summed E-state index contributed by atoms with van der Waals surface area (Å²) in [5, 5.41) is 4.77. The molecule has 2 heterocycles. The van der Waals surface area contributed by atoms with Crippen LogP contribution in [0.15, 0.2) is 54.7 Å². The lowest BCUT2D eigenvalue weighted by molar-refractivity contribution is -0.0157. The highest BCUT2D eigenvalue weighted by Crippen LogP contribution is 2.30. The molecule has 4 rings (SSSR count). The first-order valence-electron chi connectivity index (χ1n) is 11.0. The van der Waals surface area contributed by atoms with Crippen molar-refractivity contribution in [2.75, 3.05) is 40.5 Å². The maximum Gasteiger partial charge on any atom is 0.136 e. The van der Waals surface area contributed by atoms with Crippen LogP contribution in [-0.2, 0) is 16.0 Å². The fourth-order valence-electron chi connectivity index (χ4n) is 4.05. The number of rotatable bonds is 9. The van der Waals surface area contributed by atoms with E-state index in [1.807, 2.05) is 41.2 Å². The van der Waals surface area contributed by atoms with Crippen molar-refractivity contribution in [1.82, 2.24) is 14.7 Å². The van der Waals surface area contributed by atoms with Crippen LogP contribution in [-0.4, -0.2) is 61.3 Å². The number of piperidine rings is 1. The maximum atomic E-state index is 14.9. The van der Waals surface area contributed by atoms with E-state index in [2.05, 4.69) is 4.90 Å². The summed E-state index contributed by atoms with van der Waals surface area (Å²) < 4.78 is 32.9. The third-order valence-corrected chi connectivity index (χ3v) is 5.81. The number of hydrogen-bond acceptors (Lipinski definition) is 5. The quantitative estimate of drug-likeness (QED) is 0.465. The van der Waals surface area contributed by atoms with E-state index < -0.39 is 0 Å². The molecule has 0 N–H and O–H groups in total. The van der Waals surface area contributed by atoms with Gasteiger partial charge in [-0.15, -0.1) is 0 Å². The van der Waals surface area contributed by atoms with E-state index in [1.54, 1.807) is 19.2 Å². The molecule has 2 aromatic carbocycles. The standard InChI is InChI=1S/C25H30FN3O3/c1-30-14-15-32-21-10-12-28(13-11-21)17-19-18-29(20-6-4-3-5-7-20)27-25(19)23-9-8-22(31-2)16-24(23)26/h3-9,16,18,21H,10-15,17H2,1-2H3. The van der Waals surface area contributed by atoms with Gasteiger partial charge in [-0.25, -0.2) is 9.07 Å². The third kappa shape index (κ3) is 5.35. The molecule has 32 heavy (non-hydrogen) atoms. The largest absolute Gasteiger partial charge is 0.497 e. The number of likely N-dealkylation sites (tertiary alicyclic amines) is 1. The zero-order chi connectivity index (χ0) is 22.3. The number of methoxy groups -OCH3 is 2. The molecule has 0 aliphatic carbocycles. The van der Waals surface area contributed by atoms with Crippen molar-refractivity contribution in [3.05, 3.63) is 66.1 Å². The van der Waals surface area contributed by atoms with Crippen LogP contribution in [0.4, 0.5) is 4.39 Å². The minimum Gasteiger partial charge on any atom is -0.497 e. The van der Waals surface area contributed by atoms with Gasteiger partial charge in [0.05, 0.1) is 32.1 Å². The lowest BCUT2D eigenvalue weighted by Crippen LogP contribution is -2.37. The minimum atomic E-state index is -0.339. The van der Waals surface area contributed by atoms with E-state index >= 15 is 0 Å². The Morgan fingerprint density at radius 1 is 1.03 bits per heavy atom. The lowest BCUT2D eigenvalue weighted by Gasteiger charge is -2.31. The van der Waals surface area contributed by atoms with Gasteiger partial charge in [-0.2, -0.15) is 5.10 Å². The van der Waals surface area contributed by atoms with Gasteiger partial charge in [0.25, 0.3) is 0 Å². The first kappa shape index (κ1) is 22.5. The van der Waals surface area contributed by atoms with Crippen molar-refractivity contribution in [3.63, 3.8) is 0 Å². The highest BCUT2D eigenvalue weighted by molar-refractivity contribution is 5.65. The SMILES string of the molecule is COCCOC1CCN(Cc2cn(-c3ccccc3)nc2-c2ccc(OC)cc2F)CC1. The number of halogens is 1. The van der Waals surface area contributed by atoms with Gasteiger partial charge < -0.3 is 14.2 Å². The summed E-state index contributed by atoms with van der Waals surface area (Å²) in [6, 6.07) is 14.8. The summed E-state index contributed by atoms with van der Waals surface area (Å²) in [5.74, 6) is 0.153. The number of benzene rings is 2. The van der Waals surface area contributed by atoms with E-state index in [1.165, 1.54) is 13.2 Å². The Morgan fingerprint density at radius 3 is 2.50 bits per heavy atom. The summed E-state index contributed by atoms with van der Waals surface area (Å²) in [6.45, 7) is 3.82. The van der Waals surface area contributed by atoms with Crippen LogP contribution in [0.2, 0.25) is 0 Å². The molecular formula is C25H30FN3O3. The molecule has 3 aromatic rings. The second kappa shape index (κ2) is 10.7. The number of aromatic nitrogens is 2. The smallest absolute Gasteiger partial charge is 0.136 e. The molecule has 0 radical (unpaired) electrons. The molecule has 0 atom stereocenters. The Morgan fingerprint density at radius 2 is 1.81 bits per heavy atom. The summed E-state index contributed by atoms with van der Waals surface area (Å²) in [4.78, 5) is 2.38. The molecule has 1 aliphatic heterocycles. The number of hydrogen-bond donors (Lipinski definition) is 0. The Bertz CT molecular complexity index is 1000. The molecule has 0 bridgehead atoms. The van der Waals surface area contributed by atoms with Gasteiger partial charge >= 0.3 is 0 Å². The lowest BCUT2D eigenvalue weighted by atomic mass is 10.0. The molecule has 6 nitrogen and oxygen atoms in total. The van der Waals surface area contributed by atoms with E-state index in [9.17, 15) is 4.39 Å². The Balaban J connectivity index is 1.55. The topological polar surface area (TPSA) is 48.8 Å². The van der Waals surface area contributed by atoms with Crippen LogP contribution in [0, 0.1) is 5.82 Å². The summed E-state index contributed by atoms with van der Waals surface area (Å²) in [7, 11) is 3.22. The molecule has 7 heteroatoms. The van der Waals surface area contributed by atoms with Gasteiger partial charge in [0, 0.05) is 50.1 Å². The molecular weight excluding hydrogens is 409 g/mol. The molecule has 0 unspecified atom stereocenters. The highest BCUT2D eigenvalue weighted by atomic mass is 19.1. The van der Waals surface area contributed by atoms with E-state index in [-0.39, 0.29) is 11.9 Å². The van der Waals surface area contributed by atoms with E-state index in [4.69, 9.17) is 19.3 Å². The third-order valence-electron chi connectivity index (χ3n) is 5.81. The average molecular weight is 440 g/mol. The van der Waals surface area contributed by atoms with Crippen LogP contribution >= 0.6 is 0 Å². The van der Waals surface area contributed by atoms with E-state index in [0.717, 1.165) is 37.2 Å². The maximum absolute atomic E-state index is 14.9. The van der Waals surface area contributed by atoms with Gasteiger partial charge in [-0.1, -0.05) is 18.2 Å². The first-order chi connectivity index (χ1) is 15.7. The zero-order valence-corrected chi connectivity index (χ0v) is 18.7. The van der Waals surface area contributed by atoms with Crippen LogP contribution in [0.25, 0.3) is 16.9 Å². The van der Waals surface area contributed by atoms with E-state index in [0.29, 0.717) is 36.8 Å². The molecule has 0 spiro atoms. The van der Waals surface area contributed by atoms with Gasteiger partial charge in [0.2, 0.25) is 0 Å². The van der Waals surface area contributed by atoms with Gasteiger partial charge in [-0.05, 0) is 37.1 Å². The van der Waals surface area contributed by atoms with Crippen molar-refractivity contribution >= 4 is 0 Å². The molecule has 1 aromatic heterocycles. The van der Waals surface area contributed by atoms with Crippen molar-refractivity contribution in [2.24, 2.45) is 0 Å². The average Bonchev–Trinajstić information content (AvgIpc) is 3.24. The predicted molar refractivity (Wildman–Crippen MR) is 122 cm³/mol. The zero-order valence-electron chi connectivity index (χ0n) is 18.7. The number of para-hydroxylation sites is 1. The second-order valence-corrected chi connectivity index (χ2v) is 7.97. The summed E-state index contributed by atoms with van der Waals surface area (Å²) >= 11 is 0.